The molecule has 0 aliphatic heterocycles. The van der Waals surface area contributed by atoms with E-state index in [0.29, 0.717) is 0 Å². The molecule has 0 bridgehead atoms. The standard InChI is InChI=1S/C2H6NTe/c1-3(2)4/h1-2H3. The molecule has 0 amide bonds. The van der Waals surface area contributed by atoms with E-state index in [1.807, 2.05) is 39.8 Å². The number of rotatable bonds is 0. The summed E-state index contributed by atoms with van der Waals surface area (Å²) >= 11 is 1.94. The average Bonchev–Trinajstić information content (AvgIpc) is 0.811. The van der Waals surface area contributed by atoms with Crippen LogP contribution in [0.25, 0.3) is 0 Å². The summed E-state index contributed by atoms with van der Waals surface area (Å²) < 4.78 is 2.01. The molecule has 0 heterocycles. The normalized spacial score (nSPS) is 9.00. The van der Waals surface area contributed by atoms with Gasteiger partial charge in [-0.15, -0.1) is 0 Å². The van der Waals surface area contributed by atoms with Gasteiger partial charge in [0.1, 0.15) is 0 Å². The van der Waals surface area contributed by atoms with Gasteiger partial charge in [0.2, 0.25) is 0 Å². The van der Waals surface area contributed by atoms with Gasteiger partial charge in [-0.3, -0.25) is 0 Å². The molecule has 0 spiro atoms. The van der Waals surface area contributed by atoms with Crippen LogP contribution in [0.3, 0.4) is 0 Å². The molecule has 0 rings (SSSR count). The summed E-state index contributed by atoms with van der Waals surface area (Å²) in [7, 11) is 4.01. The fraction of sp³-hybridized carbons (Fsp3) is 1.00. The first-order valence-electron chi connectivity index (χ1n) is 1.08. The summed E-state index contributed by atoms with van der Waals surface area (Å²) in [4.78, 5) is 0. The molecule has 0 aromatic rings. The Kier molecular flexibility index (Phi) is 2.39. The van der Waals surface area contributed by atoms with Gasteiger partial charge in [0, 0.05) is 0 Å². The van der Waals surface area contributed by atoms with Crippen molar-refractivity contribution in [3.8, 4) is 0 Å². The quantitative estimate of drug-likeness (QED) is 0.450. The van der Waals surface area contributed by atoms with E-state index in [1.54, 1.807) is 0 Å². The van der Waals surface area contributed by atoms with Crippen LogP contribution in [-0.4, -0.2) is 39.8 Å². The van der Waals surface area contributed by atoms with Crippen molar-refractivity contribution in [1.29, 1.82) is 0 Å². The average molecular weight is 172 g/mol. The van der Waals surface area contributed by atoms with Crippen LogP contribution >= 0.6 is 0 Å². The Morgan fingerprint density at radius 1 is 1.50 bits per heavy atom. The molecule has 4 heavy (non-hydrogen) atoms. The third-order valence-electron chi connectivity index (χ3n) is 0. The Morgan fingerprint density at radius 2 is 1.50 bits per heavy atom. The predicted molar refractivity (Wildman–Crippen MR) is 19.4 cm³/mol. The molecular formula is C2H6NTe. The van der Waals surface area contributed by atoms with E-state index < -0.39 is 0 Å². The molecular weight excluding hydrogens is 166 g/mol. The SMILES string of the molecule is CN(C)[Te]. The van der Waals surface area contributed by atoms with Gasteiger partial charge in [-0.1, -0.05) is 0 Å². The maximum atomic E-state index is 2.01. The zero-order chi connectivity index (χ0) is 3.58. The first kappa shape index (κ1) is 4.75. The van der Waals surface area contributed by atoms with Crippen LogP contribution in [0.1, 0.15) is 0 Å². The molecule has 0 N–H and O–H groups in total. The first-order valence-corrected chi connectivity index (χ1v) is 2.12. The Morgan fingerprint density at radius 3 is 1.50 bits per heavy atom. The summed E-state index contributed by atoms with van der Waals surface area (Å²) in [5.74, 6) is 0. The molecule has 0 aliphatic carbocycles. The molecule has 1 nitrogen and oxygen atoms in total. The van der Waals surface area contributed by atoms with Crippen molar-refractivity contribution in [3.63, 3.8) is 0 Å². The van der Waals surface area contributed by atoms with E-state index >= 15 is 0 Å². The van der Waals surface area contributed by atoms with Gasteiger partial charge in [0.25, 0.3) is 0 Å². The topological polar surface area (TPSA) is 3.24 Å². The zero-order valence-electron chi connectivity index (χ0n) is 2.86. The molecule has 2 heteroatoms. The second-order valence-corrected chi connectivity index (χ2v) is 2.90. The van der Waals surface area contributed by atoms with Crippen molar-refractivity contribution in [2.24, 2.45) is 0 Å². The van der Waals surface area contributed by atoms with Crippen LogP contribution in [0.15, 0.2) is 0 Å². The van der Waals surface area contributed by atoms with Gasteiger partial charge in [0.15, 0.2) is 0 Å². The molecule has 0 aromatic carbocycles. The number of hydrogen-bond donors (Lipinski definition) is 0. The molecule has 0 aromatic heterocycles. The molecule has 1 radical (unpaired) electrons. The summed E-state index contributed by atoms with van der Waals surface area (Å²) in [6, 6.07) is 0. The molecule has 0 aliphatic rings. The van der Waals surface area contributed by atoms with E-state index in [1.165, 1.54) is 0 Å². The first-order chi connectivity index (χ1) is 1.73. The second-order valence-electron chi connectivity index (χ2n) is 0.812. The van der Waals surface area contributed by atoms with Crippen LogP contribution in [0.5, 0.6) is 0 Å². The van der Waals surface area contributed by atoms with Crippen molar-refractivity contribution >= 4 is 22.6 Å². The summed E-state index contributed by atoms with van der Waals surface area (Å²) in [5.41, 5.74) is 0. The fourth-order valence-electron chi connectivity index (χ4n) is 0. The Labute approximate surface area is 40.2 Å². The fourth-order valence-corrected chi connectivity index (χ4v) is 0. The van der Waals surface area contributed by atoms with Gasteiger partial charge < -0.3 is 0 Å². The predicted octanol–water partition coefficient (Wildman–Crippen LogP) is -0.369. The summed E-state index contributed by atoms with van der Waals surface area (Å²) in [6.07, 6.45) is 0. The van der Waals surface area contributed by atoms with Crippen molar-refractivity contribution in [2.45, 2.75) is 0 Å². The maximum absolute atomic E-state index is 2.01. The van der Waals surface area contributed by atoms with Crippen LogP contribution in [0.2, 0.25) is 0 Å². The second kappa shape index (κ2) is 2.02. The summed E-state index contributed by atoms with van der Waals surface area (Å²) in [6.45, 7) is 0. The van der Waals surface area contributed by atoms with E-state index in [-0.39, 0.29) is 0 Å². The van der Waals surface area contributed by atoms with Crippen molar-refractivity contribution in [3.05, 3.63) is 0 Å². The van der Waals surface area contributed by atoms with E-state index in [0.717, 1.165) is 0 Å². The molecule has 0 fully saturated rings. The van der Waals surface area contributed by atoms with Crippen molar-refractivity contribution in [2.75, 3.05) is 14.1 Å². The van der Waals surface area contributed by atoms with Gasteiger partial charge in [0.05, 0.1) is 0 Å². The van der Waals surface area contributed by atoms with Crippen molar-refractivity contribution in [1.82, 2.24) is 3.15 Å². The molecule has 0 atom stereocenters. The summed E-state index contributed by atoms with van der Waals surface area (Å²) in [5, 5.41) is 0. The van der Waals surface area contributed by atoms with Gasteiger partial charge in [-0.25, -0.2) is 0 Å². The van der Waals surface area contributed by atoms with Crippen LogP contribution in [0.4, 0.5) is 0 Å². The van der Waals surface area contributed by atoms with E-state index in [2.05, 4.69) is 0 Å². The van der Waals surface area contributed by atoms with E-state index in [9.17, 15) is 0 Å². The minimum atomic E-state index is 1.94. The van der Waals surface area contributed by atoms with Gasteiger partial charge in [-0.2, -0.15) is 0 Å². The number of hydrogen-bond acceptors (Lipinski definition) is 1. The Bertz CT molecular complexity index is 10.8. The van der Waals surface area contributed by atoms with Crippen LogP contribution in [0, 0.1) is 0 Å². The molecule has 0 unspecified atom stereocenters. The third kappa shape index (κ3) is 15.0. The van der Waals surface area contributed by atoms with Crippen LogP contribution < -0.4 is 0 Å². The van der Waals surface area contributed by atoms with E-state index in [4.69, 9.17) is 0 Å². The monoisotopic (exact) mass is 174 g/mol. The molecule has 25 valence electrons. The van der Waals surface area contributed by atoms with Crippen LogP contribution in [-0.2, 0) is 0 Å². The Hall–Kier alpha value is 0.750. The van der Waals surface area contributed by atoms with Crippen molar-refractivity contribution < 1.29 is 0 Å². The van der Waals surface area contributed by atoms with Gasteiger partial charge in [-0.05, 0) is 0 Å². The molecule has 0 saturated heterocycles. The molecule has 0 saturated carbocycles. The minimum absolute atomic E-state index is 1.94. The Balaban J connectivity index is 2.32. The zero-order valence-corrected chi connectivity index (χ0v) is 5.19. The van der Waals surface area contributed by atoms with Gasteiger partial charge >= 0.3 is 39.8 Å². The third-order valence-corrected chi connectivity index (χ3v) is 0. The number of nitrogens with zero attached hydrogens (tertiary/aromatic N) is 1.